The number of amides is 1. The van der Waals surface area contributed by atoms with Gasteiger partial charge < -0.3 is 14.4 Å². The number of rotatable bonds is 6. The van der Waals surface area contributed by atoms with Crippen LogP contribution in [0.15, 0.2) is 24.3 Å². The van der Waals surface area contributed by atoms with Gasteiger partial charge in [-0.3, -0.25) is 4.79 Å². The van der Waals surface area contributed by atoms with Gasteiger partial charge in [-0.1, -0.05) is 18.2 Å². The molecule has 1 aromatic carbocycles. The van der Waals surface area contributed by atoms with Gasteiger partial charge in [-0.25, -0.2) is 0 Å². The monoisotopic (exact) mass is 237 g/mol. The fraction of sp³-hybridized carbons (Fsp3) is 0.462. The van der Waals surface area contributed by atoms with E-state index < -0.39 is 0 Å². The summed E-state index contributed by atoms with van der Waals surface area (Å²) in [5.41, 5.74) is 1.98. The number of benzene rings is 1. The van der Waals surface area contributed by atoms with E-state index in [4.69, 9.17) is 9.47 Å². The third-order valence-electron chi connectivity index (χ3n) is 2.51. The van der Waals surface area contributed by atoms with Gasteiger partial charge in [0.15, 0.2) is 0 Å². The van der Waals surface area contributed by atoms with Crippen molar-refractivity contribution < 1.29 is 14.3 Å². The van der Waals surface area contributed by atoms with Gasteiger partial charge in [0.1, 0.15) is 6.61 Å². The Morgan fingerprint density at radius 2 is 2.00 bits per heavy atom. The van der Waals surface area contributed by atoms with Crippen LogP contribution in [-0.4, -0.2) is 39.9 Å². The SMILES string of the molecule is COCCOCC(=O)N(C)c1ccccc1C. The number of anilines is 1. The molecule has 0 atom stereocenters. The van der Waals surface area contributed by atoms with Crippen molar-refractivity contribution in [3.05, 3.63) is 29.8 Å². The molecule has 0 aliphatic rings. The van der Waals surface area contributed by atoms with Crippen LogP contribution in [0.3, 0.4) is 0 Å². The number of methoxy groups -OCH3 is 1. The Morgan fingerprint density at radius 1 is 1.29 bits per heavy atom. The van der Waals surface area contributed by atoms with E-state index in [2.05, 4.69) is 0 Å². The first-order valence-corrected chi connectivity index (χ1v) is 5.55. The Balaban J connectivity index is 2.49. The topological polar surface area (TPSA) is 38.8 Å². The lowest BCUT2D eigenvalue weighted by molar-refractivity contribution is -0.123. The summed E-state index contributed by atoms with van der Waals surface area (Å²) in [7, 11) is 3.36. The second-order valence-electron chi connectivity index (χ2n) is 3.78. The highest BCUT2D eigenvalue weighted by atomic mass is 16.5. The molecule has 0 N–H and O–H groups in total. The van der Waals surface area contributed by atoms with Gasteiger partial charge in [0.05, 0.1) is 13.2 Å². The minimum absolute atomic E-state index is 0.0598. The van der Waals surface area contributed by atoms with Crippen LogP contribution in [0.25, 0.3) is 0 Å². The molecule has 1 rings (SSSR count). The first-order valence-electron chi connectivity index (χ1n) is 5.55. The van der Waals surface area contributed by atoms with Crippen molar-refractivity contribution in [3.63, 3.8) is 0 Å². The molecule has 0 radical (unpaired) electrons. The molecule has 0 unspecified atom stereocenters. The van der Waals surface area contributed by atoms with Crippen LogP contribution >= 0.6 is 0 Å². The Bertz CT molecular complexity index is 365. The lowest BCUT2D eigenvalue weighted by Crippen LogP contribution is -2.31. The zero-order chi connectivity index (χ0) is 12.7. The molecule has 4 nitrogen and oxygen atoms in total. The van der Waals surface area contributed by atoms with Gasteiger partial charge in [0, 0.05) is 19.8 Å². The molecule has 0 saturated carbocycles. The summed E-state index contributed by atoms with van der Waals surface area (Å²) < 4.78 is 10.0. The molecule has 0 heterocycles. The average molecular weight is 237 g/mol. The number of para-hydroxylation sites is 1. The number of carbonyl (C=O) groups excluding carboxylic acids is 1. The van der Waals surface area contributed by atoms with Crippen molar-refractivity contribution in [2.45, 2.75) is 6.92 Å². The largest absolute Gasteiger partial charge is 0.382 e. The molecule has 0 aromatic heterocycles. The number of aryl methyl sites for hydroxylation is 1. The second-order valence-corrected chi connectivity index (χ2v) is 3.78. The van der Waals surface area contributed by atoms with E-state index in [1.165, 1.54) is 0 Å². The molecule has 17 heavy (non-hydrogen) atoms. The summed E-state index contributed by atoms with van der Waals surface area (Å²) in [6.45, 7) is 2.99. The molecule has 4 heteroatoms. The highest BCUT2D eigenvalue weighted by Crippen LogP contribution is 2.17. The van der Waals surface area contributed by atoms with E-state index in [1.54, 1.807) is 19.1 Å². The standard InChI is InChI=1S/C13H19NO3/c1-11-6-4-5-7-12(11)14(2)13(15)10-17-9-8-16-3/h4-7H,8-10H2,1-3H3. The highest BCUT2D eigenvalue weighted by molar-refractivity contribution is 5.94. The summed E-state index contributed by atoms with van der Waals surface area (Å²) in [6.07, 6.45) is 0. The number of nitrogens with zero attached hydrogens (tertiary/aromatic N) is 1. The van der Waals surface area contributed by atoms with Crippen LogP contribution in [0.1, 0.15) is 5.56 Å². The Morgan fingerprint density at radius 3 is 2.65 bits per heavy atom. The predicted molar refractivity (Wildman–Crippen MR) is 67.3 cm³/mol. The lowest BCUT2D eigenvalue weighted by Gasteiger charge is -2.19. The van der Waals surface area contributed by atoms with Gasteiger partial charge >= 0.3 is 0 Å². The predicted octanol–water partition coefficient (Wildman–Crippen LogP) is 1.62. The van der Waals surface area contributed by atoms with E-state index >= 15 is 0 Å². The molecule has 0 bridgehead atoms. The summed E-state index contributed by atoms with van der Waals surface area (Å²) in [6, 6.07) is 7.76. The highest BCUT2D eigenvalue weighted by Gasteiger charge is 2.12. The number of hydrogen-bond donors (Lipinski definition) is 0. The van der Waals surface area contributed by atoms with E-state index in [9.17, 15) is 4.79 Å². The van der Waals surface area contributed by atoms with Crippen LogP contribution in [0.5, 0.6) is 0 Å². The number of ether oxygens (including phenoxy) is 2. The van der Waals surface area contributed by atoms with E-state index in [-0.39, 0.29) is 12.5 Å². The minimum atomic E-state index is -0.0598. The molecule has 0 saturated heterocycles. The zero-order valence-electron chi connectivity index (χ0n) is 10.6. The molecule has 0 aliphatic heterocycles. The summed E-state index contributed by atoms with van der Waals surface area (Å²) in [5, 5.41) is 0. The van der Waals surface area contributed by atoms with E-state index in [1.807, 2.05) is 31.2 Å². The van der Waals surface area contributed by atoms with Crippen molar-refractivity contribution in [1.29, 1.82) is 0 Å². The van der Waals surface area contributed by atoms with Gasteiger partial charge in [-0.15, -0.1) is 0 Å². The van der Waals surface area contributed by atoms with Crippen molar-refractivity contribution in [2.24, 2.45) is 0 Å². The van der Waals surface area contributed by atoms with Crippen LogP contribution < -0.4 is 4.90 Å². The minimum Gasteiger partial charge on any atom is -0.382 e. The van der Waals surface area contributed by atoms with Crippen LogP contribution in [0.4, 0.5) is 5.69 Å². The number of carbonyl (C=O) groups is 1. The second kappa shape index (κ2) is 7.04. The van der Waals surface area contributed by atoms with E-state index in [0.717, 1.165) is 11.3 Å². The van der Waals surface area contributed by atoms with Gasteiger partial charge in [-0.2, -0.15) is 0 Å². The molecule has 0 spiro atoms. The number of hydrogen-bond acceptors (Lipinski definition) is 3. The Hall–Kier alpha value is -1.39. The smallest absolute Gasteiger partial charge is 0.252 e. The quantitative estimate of drug-likeness (QED) is 0.706. The molecule has 0 aliphatic carbocycles. The normalized spacial score (nSPS) is 10.3. The number of likely N-dealkylation sites (N-methyl/N-ethyl adjacent to an activating group) is 1. The fourth-order valence-electron chi connectivity index (χ4n) is 1.47. The maximum atomic E-state index is 11.8. The lowest BCUT2D eigenvalue weighted by atomic mass is 10.2. The average Bonchev–Trinajstić information content (AvgIpc) is 2.34. The van der Waals surface area contributed by atoms with Gasteiger partial charge in [-0.05, 0) is 18.6 Å². The molecule has 1 aromatic rings. The zero-order valence-corrected chi connectivity index (χ0v) is 10.6. The van der Waals surface area contributed by atoms with Crippen molar-refractivity contribution in [1.82, 2.24) is 0 Å². The maximum absolute atomic E-state index is 11.8. The molecular weight excluding hydrogens is 218 g/mol. The van der Waals surface area contributed by atoms with Crippen molar-refractivity contribution in [3.8, 4) is 0 Å². The summed E-state index contributed by atoms with van der Waals surface area (Å²) in [4.78, 5) is 13.4. The molecule has 94 valence electrons. The maximum Gasteiger partial charge on any atom is 0.252 e. The Labute approximate surface area is 102 Å². The first kappa shape index (κ1) is 13.7. The first-order chi connectivity index (χ1) is 8.16. The van der Waals surface area contributed by atoms with Gasteiger partial charge in [0.25, 0.3) is 5.91 Å². The third kappa shape index (κ3) is 4.17. The van der Waals surface area contributed by atoms with Crippen molar-refractivity contribution >= 4 is 11.6 Å². The fourth-order valence-corrected chi connectivity index (χ4v) is 1.47. The van der Waals surface area contributed by atoms with Crippen LogP contribution in [0.2, 0.25) is 0 Å². The van der Waals surface area contributed by atoms with Crippen molar-refractivity contribution in [2.75, 3.05) is 38.9 Å². The Kier molecular flexibility index (Phi) is 5.66. The van der Waals surface area contributed by atoms with Gasteiger partial charge in [0.2, 0.25) is 0 Å². The van der Waals surface area contributed by atoms with Crippen LogP contribution in [-0.2, 0) is 14.3 Å². The summed E-state index contributed by atoms with van der Waals surface area (Å²) in [5.74, 6) is -0.0598. The summed E-state index contributed by atoms with van der Waals surface area (Å²) >= 11 is 0. The third-order valence-corrected chi connectivity index (χ3v) is 2.51. The van der Waals surface area contributed by atoms with Crippen LogP contribution in [0, 0.1) is 6.92 Å². The molecule has 0 fully saturated rings. The van der Waals surface area contributed by atoms with E-state index in [0.29, 0.717) is 13.2 Å². The molecular formula is C13H19NO3. The molecule has 1 amide bonds.